The molecule has 0 fully saturated rings. The van der Waals surface area contributed by atoms with E-state index in [2.05, 4.69) is 0 Å². The predicted molar refractivity (Wildman–Crippen MR) is 66.5 cm³/mol. The van der Waals surface area contributed by atoms with Crippen molar-refractivity contribution in [3.8, 4) is 0 Å². The molecule has 0 bridgehead atoms. The second-order valence-electron chi connectivity index (χ2n) is 3.88. The number of halogens is 2. The minimum absolute atomic E-state index is 0.00654. The zero-order valence-corrected chi connectivity index (χ0v) is 10.3. The van der Waals surface area contributed by atoms with E-state index in [4.69, 9.17) is 11.6 Å². The lowest BCUT2D eigenvalue weighted by Crippen LogP contribution is -2.38. The molecule has 1 heterocycles. The number of benzene rings is 1. The fourth-order valence-electron chi connectivity index (χ4n) is 1.58. The molecular weight excluding hydrogens is 259 g/mol. The van der Waals surface area contributed by atoms with Crippen molar-refractivity contribution in [2.75, 3.05) is 0 Å². The van der Waals surface area contributed by atoms with Gasteiger partial charge in [-0.3, -0.25) is 9.36 Å². The summed E-state index contributed by atoms with van der Waals surface area (Å²) >= 11 is 5.56. The first kappa shape index (κ1) is 12.6. The van der Waals surface area contributed by atoms with Gasteiger partial charge in [0.05, 0.1) is 11.6 Å². The molecule has 6 heteroatoms. The van der Waals surface area contributed by atoms with Crippen LogP contribution in [0.4, 0.5) is 4.39 Å². The van der Waals surface area contributed by atoms with Crippen molar-refractivity contribution < 1.29 is 4.39 Å². The SMILES string of the molecule is Cn1ccc(=O)n(Cc2ccc(Cl)c(F)c2)c1=O. The van der Waals surface area contributed by atoms with Crippen LogP contribution in [0.25, 0.3) is 0 Å². The summed E-state index contributed by atoms with van der Waals surface area (Å²) in [6.07, 6.45) is 1.39. The largest absolute Gasteiger partial charge is 0.331 e. The van der Waals surface area contributed by atoms with Crippen molar-refractivity contribution in [1.29, 1.82) is 0 Å². The normalized spacial score (nSPS) is 10.6. The summed E-state index contributed by atoms with van der Waals surface area (Å²) in [5.41, 5.74) is -0.367. The highest BCUT2D eigenvalue weighted by atomic mass is 35.5. The third kappa shape index (κ3) is 2.36. The lowest BCUT2D eigenvalue weighted by molar-refractivity contribution is 0.613. The molecule has 0 radical (unpaired) electrons. The second kappa shape index (κ2) is 4.78. The van der Waals surface area contributed by atoms with Gasteiger partial charge in [0.25, 0.3) is 5.56 Å². The van der Waals surface area contributed by atoms with Gasteiger partial charge in [0.15, 0.2) is 0 Å². The summed E-state index contributed by atoms with van der Waals surface area (Å²) in [7, 11) is 1.54. The molecule has 0 aliphatic carbocycles. The Morgan fingerprint density at radius 3 is 2.67 bits per heavy atom. The molecule has 94 valence electrons. The fourth-order valence-corrected chi connectivity index (χ4v) is 1.70. The molecule has 0 unspecified atom stereocenters. The van der Waals surface area contributed by atoms with Crippen molar-refractivity contribution >= 4 is 11.6 Å². The van der Waals surface area contributed by atoms with E-state index in [9.17, 15) is 14.0 Å². The van der Waals surface area contributed by atoms with Gasteiger partial charge < -0.3 is 4.57 Å². The third-order valence-corrected chi connectivity index (χ3v) is 2.87. The highest BCUT2D eigenvalue weighted by Crippen LogP contribution is 2.15. The van der Waals surface area contributed by atoms with Crippen molar-refractivity contribution in [2.24, 2.45) is 7.05 Å². The number of rotatable bonds is 2. The minimum Gasteiger partial charge on any atom is -0.303 e. The number of aromatic nitrogens is 2. The van der Waals surface area contributed by atoms with Gasteiger partial charge in [-0.1, -0.05) is 17.7 Å². The van der Waals surface area contributed by atoms with Crippen LogP contribution >= 0.6 is 11.6 Å². The van der Waals surface area contributed by atoms with E-state index in [-0.39, 0.29) is 11.6 Å². The molecule has 0 spiro atoms. The molecule has 0 saturated heterocycles. The van der Waals surface area contributed by atoms with Crippen molar-refractivity contribution in [1.82, 2.24) is 9.13 Å². The van der Waals surface area contributed by atoms with Gasteiger partial charge in [0.2, 0.25) is 0 Å². The van der Waals surface area contributed by atoms with E-state index in [1.165, 1.54) is 29.0 Å². The van der Waals surface area contributed by atoms with E-state index in [0.717, 1.165) is 4.57 Å². The van der Waals surface area contributed by atoms with Crippen LogP contribution in [-0.4, -0.2) is 9.13 Å². The molecule has 0 atom stereocenters. The highest BCUT2D eigenvalue weighted by Gasteiger charge is 2.06. The van der Waals surface area contributed by atoms with Crippen molar-refractivity contribution in [2.45, 2.75) is 6.54 Å². The maximum Gasteiger partial charge on any atom is 0.331 e. The van der Waals surface area contributed by atoms with Crippen LogP contribution in [0.5, 0.6) is 0 Å². The first-order valence-corrected chi connectivity index (χ1v) is 5.57. The standard InChI is InChI=1S/C12H10ClFN2O2/c1-15-5-4-11(17)16(12(15)18)7-8-2-3-9(13)10(14)6-8/h2-6H,7H2,1H3. The summed E-state index contributed by atoms with van der Waals surface area (Å²) in [6.45, 7) is 0.0143. The highest BCUT2D eigenvalue weighted by molar-refractivity contribution is 6.30. The third-order valence-electron chi connectivity index (χ3n) is 2.56. The van der Waals surface area contributed by atoms with Gasteiger partial charge in [0, 0.05) is 19.3 Å². The van der Waals surface area contributed by atoms with Gasteiger partial charge in [-0.05, 0) is 17.7 Å². The first-order valence-electron chi connectivity index (χ1n) is 5.19. The molecule has 18 heavy (non-hydrogen) atoms. The predicted octanol–water partition coefficient (Wildman–Crippen LogP) is 1.39. The Labute approximate surface area is 107 Å². The van der Waals surface area contributed by atoms with Crippen LogP contribution in [0.15, 0.2) is 40.1 Å². The summed E-state index contributed by atoms with van der Waals surface area (Å²) in [6, 6.07) is 5.46. The smallest absolute Gasteiger partial charge is 0.303 e. The van der Waals surface area contributed by atoms with Crippen LogP contribution in [0, 0.1) is 5.82 Å². The molecule has 2 rings (SSSR count). The Morgan fingerprint density at radius 1 is 1.28 bits per heavy atom. The maximum atomic E-state index is 13.3. The first-order chi connectivity index (χ1) is 8.49. The second-order valence-corrected chi connectivity index (χ2v) is 4.29. The molecule has 0 aliphatic heterocycles. The van der Waals surface area contributed by atoms with Gasteiger partial charge in [-0.15, -0.1) is 0 Å². The summed E-state index contributed by atoms with van der Waals surface area (Å²) in [4.78, 5) is 23.3. The Balaban J connectivity index is 2.46. The number of aryl methyl sites for hydroxylation is 1. The van der Waals surface area contributed by atoms with Crippen LogP contribution in [0.2, 0.25) is 5.02 Å². The van der Waals surface area contributed by atoms with Crippen molar-refractivity contribution in [3.05, 3.63) is 67.7 Å². The van der Waals surface area contributed by atoms with E-state index in [0.29, 0.717) is 5.56 Å². The summed E-state index contributed by atoms with van der Waals surface area (Å²) < 4.78 is 15.6. The Kier molecular flexibility index (Phi) is 3.34. The van der Waals surface area contributed by atoms with Crippen LogP contribution < -0.4 is 11.2 Å². The molecule has 0 aliphatic rings. The molecular formula is C12H10ClFN2O2. The van der Waals surface area contributed by atoms with E-state index in [1.807, 2.05) is 0 Å². The maximum absolute atomic E-state index is 13.3. The molecule has 0 saturated carbocycles. The van der Waals surface area contributed by atoms with E-state index >= 15 is 0 Å². The Morgan fingerprint density at radius 2 is 2.00 bits per heavy atom. The van der Waals surface area contributed by atoms with Gasteiger partial charge in [0.1, 0.15) is 5.82 Å². The number of hydrogen-bond donors (Lipinski definition) is 0. The van der Waals surface area contributed by atoms with Crippen molar-refractivity contribution in [3.63, 3.8) is 0 Å². The quantitative estimate of drug-likeness (QED) is 0.826. The topological polar surface area (TPSA) is 44.0 Å². The van der Waals surface area contributed by atoms with E-state index < -0.39 is 17.1 Å². The fraction of sp³-hybridized carbons (Fsp3) is 0.167. The lowest BCUT2D eigenvalue weighted by Gasteiger charge is -2.07. The molecule has 2 aromatic rings. The summed E-state index contributed by atoms with van der Waals surface area (Å²) in [5, 5.41) is 0.00654. The molecule has 4 nitrogen and oxygen atoms in total. The van der Waals surface area contributed by atoms with Crippen LogP contribution in [-0.2, 0) is 13.6 Å². The van der Waals surface area contributed by atoms with Gasteiger partial charge in [-0.2, -0.15) is 0 Å². The van der Waals surface area contributed by atoms with Crippen LogP contribution in [0.3, 0.4) is 0 Å². The van der Waals surface area contributed by atoms with Crippen LogP contribution in [0.1, 0.15) is 5.56 Å². The molecule has 0 amide bonds. The van der Waals surface area contributed by atoms with Gasteiger partial charge >= 0.3 is 5.69 Å². The number of nitrogens with zero attached hydrogens (tertiary/aromatic N) is 2. The van der Waals surface area contributed by atoms with Gasteiger partial charge in [-0.25, -0.2) is 9.18 Å². The summed E-state index contributed by atoms with van der Waals surface area (Å²) in [5.74, 6) is -0.574. The van der Waals surface area contributed by atoms with E-state index in [1.54, 1.807) is 13.1 Å². The zero-order valence-electron chi connectivity index (χ0n) is 9.56. The average molecular weight is 269 g/mol. The monoisotopic (exact) mass is 268 g/mol. The Bertz CT molecular complexity index is 706. The minimum atomic E-state index is -0.574. The molecule has 1 aromatic heterocycles. The molecule has 0 N–H and O–H groups in total. The number of hydrogen-bond acceptors (Lipinski definition) is 2. The Hall–Kier alpha value is -1.88. The average Bonchev–Trinajstić information content (AvgIpc) is 2.34. The molecule has 1 aromatic carbocycles. The zero-order chi connectivity index (χ0) is 13.3. The lowest BCUT2D eigenvalue weighted by atomic mass is 10.2.